The highest BCUT2D eigenvalue weighted by atomic mass is 16.6. The summed E-state index contributed by atoms with van der Waals surface area (Å²) in [5, 5.41) is 14.0. The molecule has 0 bridgehead atoms. The van der Waals surface area contributed by atoms with Gasteiger partial charge in [0.25, 0.3) is 0 Å². The number of carbonyl (C=O) groups is 2. The molecule has 5 aromatic rings. The molecular formula is C39H43N7O4. The lowest BCUT2D eigenvalue weighted by Crippen LogP contribution is -2.36. The van der Waals surface area contributed by atoms with Gasteiger partial charge < -0.3 is 19.4 Å². The van der Waals surface area contributed by atoms with Crippen molar-refractivity contribution in [3.63, 3.8) is 0 Å². The van der Waals surface area contributed by atoms with Crippen LogP contribution in [-0.2, 0) is 9.47 Å². The number of H-pyrrole nitrogens is 2. The van der Waals surface area contributed by atoms with E-state index in [1.807, 2.05) is 59.7 Å². The summed E-state index contributed by atoms with van der Waals surface area (Å²) in [6.45, 7) is 12.5. The Hall–Kier alpha value is -5.37. The number of hydrogen-bond donors (Lipinski definition) is 2. The quantitative estimate of drug-likeness (QED) is 0.182. The van der Waals surface area contributed by atoms with Gasteiger partial charge in [0.2, 0.25) is 0 Å². The summed E-state index contributed by atoms with van der Waals surface area (Å²) in [6, 6.07) is 16.3. The number of amides is 2. The van der Waals surface area contributed by atoms with Crippen LogP contribution >= 0.6 is 0 Å². The number of fused-ring (bicyclic) bond motifs is 3. The van der Waals surface area contributed by atoms with Crippen LogP contribution in [-0.4, -0.2) is 66.2 Å². The number of aromatic nitrogens is 4. The van der Waals surface area contributed by atoms with Gasteiger partial charge in [0, 0.05) is 29.6 Å². The van der Waals surface area contributed by atoms with E-state index in [-0.39, 0.29) is 24.3 Å². The topological polar surface area (TPSA) is 140 Å². The summed E-state index contributed by atoms with van der Waals surface area (Å²) in [4.78, 5) is 45.5. The fraction of sp³-hybridized carbons (Fsp3) is 0.410. The summed E-state index contributed by atoms with van der Waals surface area (Å²) in [5.74, 6) is 1.46. The van der Waals surface area contributed by atoms with E-state index in [4.69, 9.17) is 9.47 Å². The van der Waals surface area contributed by atoms with Crippen molar-refractivity contribution in [1.82, 2.24) is 29.7 Å². The van der Waals surface area contributed by atoms with Gasteiger partial charge in [-0.2, -0.15) is 5.26 Å². The Morgan fingerprint density at radius 1 is 0.740 bits per heavy atom. The zero-order chi connectivity index (χ0) is 35.4. The first-order chi connectivity index (χ1) is 23.8. The molecule has 4 heterocycles. The summed E-state index contributed by atoms with van der Waals surface area (Å²) in [7, 11) is 0. The SMILES string of the molecule is CC(C)(C)OC(=O)N1CCC[C@H]1c1ncc(-c2ccc3c(c2)cc(C#N)c2cc(-c4cnc([C@@H]5CCCN5C(=O)OC(C)(C)C)[nH]4)ccc23)[nH]1. The van der Waals surface area contributed by atoms with E-state index in [0.717, 1.165) is 81.4 Å². The van der Waals surface area contributed by atoms with Gasteiger partial charge in [0.1, 0.15) is 22.9 Å². The molecule has 258 valence electrons. The molecule has 2 atom stereocenters. The van der Waals surface area contributed by atoms with Crippen molar-refractivity contribution in [2.24, 2.45) is 0 Å². The average molecular weight is 674 g/mol. The lowest BCUT2D eigenvalue weighted by atomic mass is 9.94. The molecule has 0 saturated carbocycles. The van der Waals surface area contributed by atoms with Crippen molar-refractivity contribution in [3.8, 4) is 28.6 Å². The second-order valence-electron chi connectivity index (χ2n) is 15.3. The van der Waals surface area contributed by atoms with Crippen molar-refractivity contribution in [3.05, 3.63) is 72.1 Å². The zero-order valence-corrected chi connectivity index (χ0v) is 29.5. The third-order valence-electron chi connectivity index (χ3n) is 9.28. The van der Waals surface area contributed by atoms with Crippen molar-refractivity contribution >= 4 is 33.7 Å². The molecule has 2 aromatic heterocycles. The first-order valence-corrected chi connectivity index (χ1v) is 17.3. The normalized spacial score (nSPS) is 18.2. The summed E-state index contributed by atoms with van der Waals surface area (Å²) in [5.41, 5.74) is 2.94. The van der Waals surface area contributed by atoms with Gasteiger partial charge in [-0.1, -0.05) is 24.3 Å². The third-order valence-corrected chi connectivity index (χ3v) is 9.28. The zero-order valence-electron chi connectivity index (χ0n) is 29.5. The predicted molar refractivity (Wildman–Crippen MR) is 191 cm³/mol. The first kappa shape index (κ1) is 33.1. The molecule has 50 heavy (non-hydrogen) atoms. The van der Waals surface area contributed by atoms with E-state index in [1.165, 1.54) is 0 Å². The van der Waals surface area contributed by atoms with Crippen LogP contribution in [0.3, 0.4) is 0 Å². The number of ether oxygens (including phenoxy) is 2. The molecule has 2 fully saturated rings. The first-order valence-electron chi connectivity index (χ1n) is 17.3. The molecule has 0 aliphatic carbocycles. The molecule has 2 amide bonds. The fourth-order valence-electron chi connectivity index (χ4n) is 7.08. The van der Waals surface area contributed by atoms with Crippen LogP contribution in [0, 0.1) is 11.3 Å². The molecule has 11 nitrogen and oxygen atoms in total. The van der Waals surface area contributed by atoms with E-state index < -0.39 is 11.2 Å². The van der Waals surface area contributed by atoms with Gasteiger partial charge in [-0.25, -0.2) is 19.6 Å². The Balaban J connectivity index is 1.15. The number of likely N-dealkylation sites (tertiary alicyclic amines) is 2. The molecule has 2 aliphatic heterocycles. The second-order valence-corrected chi connectivity index (χ2v) is 15.3. The Kier molecular flexibility index (Phi) is 8.29. The highest BCUT2D eigenvalue weighted by Gasteiger charge is 2.36. The van der Waals surface area contributed by atoms with Crippen LogP contribution < -0.4 is 0 Å². The maximum absolute atomic E-state index is 12.9. The van der Waals surface area contributed by atoms with Crippen molar-refractivity contribution < 1.29 is 19.1 Å². The van der Waals surface area contributed by atoms with Crippen molar-refractivity contribution in [1.29, 1.82) is 5.26 Å². The van der Waals surface area contributed by atoms with Gasteiger partial charge in [-0.05, 0) is 102 Å². The minimum Gasteiger partial charge on any atom is -0.444 e. The smallest absolute Gasteiger partial charge is 0.410 e. The summed E-state index contributed by atoms with van der Waals surface area (Å²) < 4.78 is 11.3. The number of aromatic amines is 2. The highest BCUT2D eigenvalue weighted by molar-refractivity contribution is 6.11. The maximum Gasteiger partial charge on any atom is 0.410 e. The van der Waals surface area contributed by atoms with Gasteiger partial charge in [-0.3, -0.25) is 9.80 Å². The summed E-state index contributed by atoms with van der Waals surface area (Å²) >= 11 is 0. The Morgan fingerprint density at radius 3 is 1.74 bits per heavy atom. The molecule has 2 saturated heterocycles. The van der Waals surface area contributed by atoms with Gasteiger partial charge in [-0.15, -0.1) is 0 Å². The van der Waals surface area contributed by atoms with E-state index in [9.17, 15) is 14.9 Å². The van der Waals surface area contributed by atoms with Crippen LogP contribution in [0.25, 0.3) is 44.1 Å². The van der Waals surface area contributed by atoms with Gasteiger partial charge in [0.05, 0.1) is 47.5 Å². The Bertz CT molecular complexity index is 2150. The molecule has 0 spiro atoms. The van der Waals surface area contributed by atoms with Crippen LogP contribution in [0.4, 0.5) is 9.59 Å². The predicted octanol–water partition coefficient (Wildman–Crippen LogP) is 8.79. The summed E-state index contributed by atoms with van der Waals surface area (Å²) in [6.07, 6.45) is 6.33. The van der Waals surface area contributed by atoms with Crippen LogP contribution in [0.2, 0.25) is 0 Å². The number of nitriles is 1. The lowest BCUT2D eigenvalue weighted by Gasteiger charge is -2.27. The van der Waals surface area contributed by atoms with E-state index in [1.54, 1.807) is 22.2 Å². The molecular weight excluding hydrogens is 630 g/mol. The average Bonchev–Trinajstić information content (AvgIpc) is 3.87. The number of hydrogen-bond acceptors (Lipinski definition) is 7. The molecule has 2 aliphatic rings. The van der Waals surface area contributed by atoms with E-state index >= 15 is 0 Å². The second kappa shape index (κ2) is 12.5. The molecule has 7 rings (SSSR count). The number of carbonyl (C=O) groups excluding carboxylic acids is 2. The molecule has 2 N–H and O–H groups in total. The van der Waals surface area contributed by atoms with Crippen molar-refractivity contribution in [2.45, 2.75) is 90.5 Å². The van der Waals surface area contributed by atoms with Crippen LogP contribution in [0.1, 0.15) is 96.5 Å². The molecule has 0 radical (unpaired) electrons. The Labute approximate surface area is 291 Å². The monoisotopic (exact) mass is 673 g/mol. The number of imidazole rings is 2. The van der Waals surface area contributed by atoms with E-state index in [0.29, 0.717) is 18.7 Å². The standard InChI is InChI=1S/C39H43N7O4/c1-38(2,3)49-36(47)45-15-7-9-32(45)34-41-21-30(43-34)23-11-13-27-25(17-23)18-26(20-40)29-19-24(12-14-28(27)29)31-22-42-35(44-31)33-10-8-16-46(33)37(48)50-39(4,5)6/h11-14,17-19,21-22,32-33H,7-10,15-16H2,1-6H3,(H,41,43)(H,42,44)/t32-,33-/m0/s1. The highest BCUT2D eigenvalue weighted by Crippen LogP contribution is 2.37. The third kappa shape index (κ3) is 6.50. The number of benzene rings is 3. The number of rotatable bonds is 4. The molecule has 0 unspecified atom stereocenters. The number of nitrogens with zero attached hydrogens (tertiary/aromatic N) is 5. The minimum atomic E-state index is -0.571. The van der Waals surface area contributed by atoms with Crippen LogP contribution in [0.15, 0.2) is 54.9 Å². The van der Waals surface area contributed by atoms with E-state index in [2.05, 4.69) is 50.3 Å². The largest absolute Gasteiger partial charge is 0.444 e. The molecule has 3 aromatic carbocycles. The Morgan fingerprint density at radius 2 is 1.24 bits per heavy atom. The van der Waals surface area contributed by atoms with Gasteiger partial charge in [0.15, 0.2) is 0 Å². The van der Waals surface area contributed by atoms with Crippen LogP contribution in [0.5, 0.6) is 0 Å². The number of nitrogens with one attached hydrogen (secondary N) is 2. The fourth-order valence-corrected chi connectivity index (χ4v) is 7.08. The maximum atomic E-state index is 12.9. The minimum absolute atomic E-state index is 0.171. The molecule has 11 heteroatoms. The van der Waals surface area contributed by atoms with Gasteiger partial charge >= 0.3 is 12.2 Å². The van der Waals surface area contributed by atoms with Crippen molar-refractivity contribution in [2.75, 3.05) is 13.1 Å². The lowest BCUT2D eigenvalue weighted by molar-refractivity contribution is 0.0208.